The van der Waals surface area contributed by atoms with E-state index in [1.807, 2.05) is 0 Å². The number of hydrogen-bond acceptors (Lipinski definition) is 2. The van der Waals surface area contributed by atoms with Gasteiger partial charge in [-0.1, -0.05) is 54.5 Å². The van der Waals surface area contributed by atoms with E-state index in [1.54, 1.807) is 0 Å². The highest BCUT2D eigenvalue weighted by atomic mass is 16.5. The summed E-state index contributed by atoms with van der Waals surface area (Å²) in [5, 5.41) is 0. The maximum absolute atomic E-state index is 8.28. The molecule has 0 aliphatic rings. The molecule has 0 aromatic heterocycles. The quantitative estimate of drug-likeness (QED) is 0.803. The number of benzene rings is 2. The van der Waals surface area contributed by atoms with E-state index in [9.17, 15) is 0 Å². The van der Waals surface area contributed by atoms with Crippen molar-refractivity contribution in [2.45, 2.75) is 13.0 Å². The van der Waals surface area contributed by atoms with Crippen LogP contribution in [-0.4, -0.2) is 32.0 Å². The van der Waals surface area contributed by atoms with Gasteiger partial charge in [0.25, 0.3) is 0 Å². The Labute approximate surface area is 144 Å². The van der Waals surface area contributed by atoms with E-state index in [-0.39, 0.29) is 16.0 Å². The molecule has 20 heavy (non-hydrogen) atoms. The molecular weight excluding hydrogens is 246 g/mol. The maximum Gasteiger partial charge on any atom is 0.108 e. The predicted molar refractivity (Wildman–Crippen MR) is 84.0 cm³/mol. The van der Waals surface area contributed by atoms with Crippen molar-refractivity contribution in [1.82, 2.24) is 4.90 Å². The van der Waals surface area contributed by atoms with E-state index in [0.29, 0.717) is 0 Å². The Morgan fingerprint density at radius 1 is 1.25 bits per heavy atom. The van der Waals surface area contributed by atoms with Crippen LogP contribution in [0.25, 0.3) is 0 Å². The third-order valence-electron chi connectivity index (χ3n) is 2.45. The van der Waals surface area contributed by atoms with Gasteiger partial charge in [0.1, 0.15) is 6.10 Å². The molecule has 0 N–H and O–H groups in total. The average Bonchev–Trinajstić information content (AvgIpc) is 2.72. The van der Waals surface area contributed by atoms with Gasteiger partial charge in [0.2, 0.25) is 0 Å². The lowest BCUT2D eigenvalue weighted by Crippen LogP contribution is -2.20. The highest BCUT2D eigenvalue weighted by Gasteiger charge is 2.16. The fourth-order valence-electron chi connectivity index (χ4n) is 1.58. The Hall–Kier alpha value is -1.64. The summed E-state index contributed by atoms with van der Waals surface area (Å²) in [6, 6.07) is 1.16. The molecule has 0 saturated heterocycles. The van der Waals surface area contributed by atoms with Crippen LogP contribution in [0.15, 0.2) is 54.5 Å². The van der Waals surface area contributed by atoms with E-state index in [2.05, 4.69) is 0 Å². The first kappa shape index (κ1) is 4.43. The van der Waals surface area contributed by atoms with Crippen molar-refractivity contribution in [3.63, 3.8) is 0 Å². The van der Waals surface area contributed by atoms with Crippen molar-refractivity contribution in [2.75, 3.05) is 27.1 Å². The molecule has 0 bridgehead atoms. The lowest BCUT2D eigenvalue weighted by molar-refractivity contribution is 0.0683. The van der Waals surface area contributed by atoms with Gasteiger partial charge in [-0.2, -0.15) is 0 Å². The zero-order valence-electron chi connectivity index (χ0n) is 26.4. The van der Waals surface area contributed by atoms with Gasteiger partial charge in [0.15, 0.2) is 0 Å². The zero-order valence-corrected chi connectivity index (χ0v) is 10.4. The molecule has 0 aliphatic heterocycles. The third kappa shape index (κ3) is 3.92. The number of likely N-dealkylation sites (N-methyl/N-ethyl adjacent to an activating group) is 1. The molecule has 0 heterocycles. The largest absolute Gasteiger partial charge is 0.367 e. The summed E-state index contributed by atoms with van der Waals surface area (Å²) in [6.07, 6.45) is -1.94. The molecule has 2 aromatic carbocycles. The zero-order chi connectivity index (χ0) is 28.0. The highest BCUT2D eigenvalue weighted by Crippen LogP contribution is 2.28. The minimum absolute atomic E-state index is 0.103. The van der Waals surface area contributed by atoms with Crippen LogP contribution in [-0.2, 0) is 4.74 Å². The van der Waals surface area contributed by atoms with Crippen molar-refractivity contribution >= 4 is 0 Å². The normalized spacial score (nSPS) is 26.9. The number of ether oxygens (including phenoxy) is 1. The van der Waals surface area contributed by atoms with Gasteiger partial charge in [0, 0.05) is 18.9 Å². The molecule has 2 aromatic rings. The summed E-state index contributed by atoms with van der Waals surface area (Å²) >= 11 is 0. The van der Waals surface area contributed by atoms with Crippen LogP contribution >= 0.6 is 0 Å². The minimum atomic E-state index is -3.27. The summed E-state index contributed by atoms with van der Waals surface area (Å²) in [4.78, 5) is -0.103. The van der Waals surface area contributed by atoms with Gasteiger partial charge >= 0.3 is 0 Å². The average molecular weight is 285 g/mol. The van der Waals surface area contributed by atoms with E-state index >= 15 is 0 Å². The number of hydrogen-bond donors (Lipinski definition) is 0. The predicted octanol–water partition coefficient (Wildman–Crippen LogP) is 3.66. The smallest absolute Gasteiger partial charge is 0.108 e. The highest BCUT2D eigenvalue weighted by molar-refractivity contribution is 5.35. The van der Waals surface area contributed by atoms with Crippen LogP contribution in [0.5, 0.6) is 0 Å². The first-order valence-electron chi connectivity index (χ1n) is 13.7. The van der Waals surface area contributed by atoms with E-state index < -0.39 is 75.8 Å². The Balaban J connectivity index is 2.80. The Morgan fingerprint density at radius 2 is 2.05 bits per heavy atom. The monoisotopic (exact) mass is 285 g/mol. The lowest BCUT2D eigenvalue weighted by atomic mass is 9.97. The van der Waals surface area contributed by atoms with Crippen molar-refractivity contribution in [2.24, 2.45) is 0 Å². The Bertz CT molecular complexity index is 1060. The van der Waals surface area contributed by atoms with Crippen molar-refractivity contribution < 1.29 is 26.7 Å². The maximum atomic E-state index is 8.28. The van der Waals surface area contributed by atoms with Crippen LogP contribution in [0.4, 0.5) is 0 Å². The van der Waals surface area contributed by atoms with Gasteiger partial charge in [0.05, 0.1) is 16.2 Å². The molecule has 0 aliphatic carbocycles. The van der Waals surface area contributed by atoms with Gasteiger partial charge in [-0.15, -0.1) is 0 Å². The van der Waals surface area contributed by atoms with Crippen molar-refractivity contribution in [3.8, 4) is 0 Å². The molecule has 2 rings (SSSR count). The Kier molecular flexibility index (Phi) is 1.60. The molecule has 0 fully saturated rings. The second-order valence-corrected chi connectivity index (χ2v) is 3.85. The minimum Gasteiger partial charge on any atom is -0.367 e. The molecular formula is C18H23NO. The van der Waals surface area contributed by atoms with Gasteiger partial charge in [-0.3, -0.25) is 0 Å². The third-order valence-corrected chi connectivity index (χ3v) is 2.45. The molecule has 106 valence electrons. The molecule has 2 heteroatoms. The summed E-state index contributed by atoms with van der Waals surface area (Å²) in [7, 11) is 0. The second kappa shape index (κ2) is 7.22. The van der Waals surface area contributed by atoms with Crippen molar-refractivity contribution in [3.05, 3.63) is 71.2 Å². The SMILES string of the molecule is [2H]c1c([2H])c([2H])c(C(OC([2H])([2H])CN(C([2H])([2H])[2H])C([2H])([2H])[2H])c2ccccc2C([2H])([2H])[2H])c([2H])c1[2H]. The topological polar surface area (TPSA) is 12.5 Å². The van der Waals surface area contributed by atoms with E-state index in [1.165, 1.54) is 24.3 Å². The molecule has 1 atom stereocenters. The number of nitrogens with zero attached hydrogens (tertiary/aromatic N) is 1. The van der Waals surface area contributed by atoms with Gasteiger partial charge < -0.3 is 9.64 Å². The molecule has 0 amide bonds. The summed E-state index contributed by atoms with van der Waals surface area (Å²) in [6.45, 7) is -13.8. The fourth-order valence-corrected chi connectivity index (χ4v) is 1.58. The molecule has 1 unspecified atom stereocenters. The molecule has 0 spiro atoms. The van der Waals surface area contributed by atoms with Crippen LogP contribution in [0, 0.1) is 6.85 Å². The van der Waals surface area contributed by atoms with Gasteiger partial charge in [-0.25, -0.2) is 0 Å². The summed E-state index contributed by atoms with van der Waals surface area (Å²) in [5.41, 5.74) is -1.24. The lowest BCUT2D eigenvalue weighted by Gasteiger charge is -2.22. The number of rotatable bonds is 6. The van der Waals surface area contributed by atoms with E-state index in [0.717, 1.165) is 0 Å². The summed E-state index contributed by atoms with van der Waals surface area (Å²) < 4.78 is 131. The molecule has 2 nitrogen and oxygen atoms in total. The second-order valence-electron chi connectivity index (χ2n) is 3.85. The Morgan fingerprint density at radius 3 is 2.80 bits per heavy atom. The van der Waals surface area contributed by atoms with Gasteiger partial charge in [-0.05, 0) is 37.5 Å². The molecule has 0 radical (unpaired) electrons. The standard InChI is InChI=1S/C18H23NO/c1-15-9-7-8-12-17(15)18(20-14-13-19(2)3)16-10-5-4-6-11-16/h4-12,18H,13-14H2,1-3H3/i1D3,2D3,3D3,4D,5D,6D,10D,11D,14D2. The first-order valence-corrected chi connectivity index (χ1v) is 5.71. The van der Waals surface area contributed by atoms with Crippen molar-refractivity contribution in [1.29, 1.82) is 0 Å². The van der Waals surface area contributed by atoms with Crippen LogP contribution < -0.4 is 0 Å². The molecule has 0 saturated carbocycles. The van der Waals surface area contributed by atoms with Crippen LogP contribution in [0.1, 0.15) is 44.7 Å². The van der Waals surface area contributed by atoms with E-state index in [4.69, 9.17) is 26.7 Å². The van der Waals surface area contributed by atoms with Crippen LogP contribution in [0.2, 0.25) is 0 Å². The first-order chi connectivity index (χ1) is 16.1. The summed E-state index contributed by atoms with van der Waals surface area (Å²) in [5.74, 6) is 0. The number of aryl methyl sites for hydroxylation is 1. The van der Waals surface area contributed by atoms with Crippen LogP contribution in [0.3, 0.4) is 0 Å². The fraction of sp³-hybridized carbons (Fsp3) is 0.333.